The van der Waals surface area contributed by atoms with Gasteiger partial charge in [0.1, 0.15) is 5.75 Å². The number of carbonyl (C=O) groups excluding carboxylic acids is 1. The van der Waals surface area contributed by atoms with Gasteiger partial charge in [-0.1, -0.05) is 23.7 Å². The molecule has 1 aromatic heterocycles. The van der Waals surface area contributed by atoms with E-state index in [0.717, 1.165) is 5.69 Å². The number of halogens is 1. The molecule has 0 saturated carbocycles. The van der Waals surface area contributed by atoms with E-state index in [4.69, 9.17) is 11.6 Å². The third kappa shape index (κ3) is 3.41. The van der Waals surface area contributed by atoms with Crippen LogP contribution >= 0.6 is 11.6 Å². The Bertz CT molecular complexity index is 949. The van der Waals surface area contributed by atoms with Crippen molar-refractivity contribution in [3.05, 3.63) is 69.5 Å². The van der Waals surface area contributed by atoms with Gasteiger partial charge >= 0.3 is 0 Å². The van der Waals surface area contributed by atoms with Gasteiger partial charge in [0.2, 0.25) is 0 Å². The number of para-hydroxylation sites is 1. The van der Waals surface area contributed by atoms with E-state index in [1.807, 2.05) is 0 Å². The monoisotopic (exact) mass is 342 g/mol. The number of nitrogens with one attached hydrogen (secondary N) is 2. The largest absolute Gasteiger partial charge is 0.507 e. The number of benzene rings is 2. The molecular weight excluding hydrogens is 328 g/mol. The lowest BCUT2D eigenvalue weighted by Gasteiger charge is -2.08. The maximum atomic E-state index is 12.1. The van der Waals surface area contributed by atoms with E-state index in [-0.39, 0.29) is 30.1 Å². The molecule has 3 N–H and O–H groups in total. The van der Waals surface area contributed by atoms with Gasteiger partial charge in [-0.05, 0) is 36.4 Å². The molecule has 0 amide bonds. The molecular formula is C18H15ClN2O3. The number of Topliss-reactive ketones (excluding diaryl/α,β-unsaturated/α-hetero) is 1. The van der Waals surface area contributed by atoms with Crippen LogP contribution in [0.1, 0.15) is 5.56 Å². The normalized spacial score (nSPS) is 10.7. The van der Waals surface area contributed by atoms with Crippen LogP contribution in [0.4, 0.5) is 5.69 Å². The predicted molar refractivity (Wildman–Crippen MR) is 94.9 cm³/mol. The second-order valence-electron chi connectivity index (χ2n) is 5.40. The van der Waals surface area contributed by atoms with Crippen LogP contribution in [0.25, 0.3) is 10.9 Å². The first-order chi connectivity index (χ1) is 11.5. The summed E-state index contributed by atoms with van der Waals surface area (Å²) in [4.78, 5) is 26.9. The van der Waals surface area contributed by atoms with E-state index in [2.05, 4.69) is 10.3 Å². The standard InChI is InChI=1S/C18H15ClN2O3/c19-11-5-7-12(8-6-11)20-10-13(22)9-15-17(23)14-3-1-2-4-16(14)21-18(15)24/h1-8,20H,9-10H2,(H2,21,23,24). The summed E-state index contributed by atoms with van der Waals surface area (Å²) in [6, 6.07) is 13.9. The molecule has 3 aromatic rings. The SMILES string of the molecule is O=C(CNc1ccc(Cl)cc1)Cc1c(O)c2ccccc2[nH]c1=O. The third-order valence-electron chi connectivity index (χ3n) is 3.70. The number of carbonyl (C=O) groups is 1. The quantitative estimate of drug-likeness (QED) is 0.665. The molecule has 0 bridgehead atoms. The summed E-state index contributed by atoms with van der Waals surface area (Å²) < 4.78 is 0. The molecule has 5 nitrogen and oxygen atoms in total. The Morgan fingerprint density at radius 1 is 1.12 bits per heavy atom. The van der Waals surface area contributed by atoms with Crippen LogP contribution in [0.2, 0.25) is 5.02 Å². The molecule has 0 spiro atoms. The molecule has 0 aliphatic carbocycles. The van der Waals surface area contributed by atoms with Crippen molar-refractivity contribution in [2.24, 2.45) is 0 Å². The van der Waals surface area contributed by atoms with Crippen molar-refractivity contribution in [2.45, 2.75) is 6.42 Å². The van der Waals surface area contributed by atoms with Crippen molar-refractivity contribution in [3.8, 4) is 5.75 Å². The van der Waals surface area contributed by atoms with Gasteiger partial charge in [0, 0.05) is 22.5 Å². The fraction of sp³-hybridized carbons (Fsp3) is 0.111. The average Bonchev–Trinajstić information content (AvgIpc) is 2.58. The lowest BCUT2D eigenvalue weighted by molar-refractivity contribution is -0.116. The predicted octanol–water partition coefficient (Wildman–Crippen LogP) is 3.11. The molecule has 0 saturated heterocycles. The number of H-pyrrole nitrogens is 1. The highest BCUT2D eigenvalue weighted by Crippen LogP contribution is 2.24. The van der Waals surface area contributed by atoms with Crippen molar-refractivity contribution in [2.75, 3.05) is 11.9 Å². The fourth-order valence-corrected chi connectivity index (χ4v) is 2.58. The van der Waals surface area contributed by atoms with Crippen molar-refractivity contribution in [3.63, 3.8) is 0 Å². The van der Waals surface area contributed by atoms with Crippen LogP contribution in [-0.4, -0.2) is 22.4 Å². The maximum Gasteiger partial charge on any atom is 0.255 e. The molecule has 0 aliphatic heterocycles. The Balaban J connectivity index is 1.75. The van der Waals surface area contributed by atoms with Crippen LogP contribution in [0, 0.1) is 0 Å². The zero-order chi connectivity index (χ0) is 17.1. The lowest BCUT2D eigenvalue weighted by atomic mass is 10.1. The number of aromatic hydroxyl groups is 1. The molecule has 1 heterocycles. The molecule has 6 heteroatoms. The van der Waals surface area contributed by atoms with Crippen molar-refractivity contribution < 1.29 is 9.90 Å². The number of aromatic nitrogens is 1. The number of anilines is 1. The zero-order valence-electron chi connectivity index (χ0n) is 12.7. The van der Waals surface area contributed by atoms with Gasteiger partial charge in [-0.3, -0.25) is 9.59 Å². The molecule has 122 valence electrons. The molecule has 0 unspecified atom stereocenters. The zero-order valence-corrected chi connectivity index (χ0v) is 13.4. The summed E-state index contributed by atoms with van der Waals surface area (Å²) in [7, 11) is 0. The molecule has 2 aromatic carbocycles. The first kappa shape index (κ1) is 16.1. The van der Waals surface area contributed by atoms with Crippen molar-refractivity contribution in [1.29, 1.82) is 0 Å². The van der Waals surface area contributed by atoms with Gasteiger partial charge in [0.05, 0.1) is 17.6 Å². The molecule has 0 radical (unpaired) electrons. The van der Waals surface area contributed by atoms with Gasteiger partial charge < -0.3 is 15.4 Å². The highest BCUT2D eigenvalue weighted by molar-refractivity contribution is 6.30. The number of ketones is 1. The minimum atomic E-state index is -0.453. The second-order valence-corrected chi connectivity index (χ2v) is 5.84. The van der Waals surface area contributed by atoms with Crippen LogP contribution in [-0.2, 0) is 11.2 Å². The first-order valence-electron chi connectivity index (χ1n) is 7.38. The molecule has 0 fully saturated rings. The number of fused-ring (bicyclic) bond motifs is 1. The second kappa shape index (κ2) is 6.76. The Hall–Kier alpha value is -2.79. The highest BCUT2D eigenvalue weighted by atomic mass is 35.5. The average molecular weight is 343 g/mol. The van der Waals surface area contributed by atoms with Crippen LogP contribution in [0.3, 0.4) is 0 Å². The Labute approximate surface area is 142 Å². The van der Waals surface area contributed by atoms with E-state index in [1.165, 1.54) is 0 Å². The summed E-state index contributed by atoms with van der Waals surface area (Å²) >= 11 is 5.80. The van der Waals surface area contributed by atoms with Gasteiger partial charge in [0.15, 0.2) is 5.78 Å². The van der Waals surface area contributed by atoms with Gasteiger partial charge in [-0.15, -0.1) is 0 Å². The third-order valence-corrected chi connectivity index (χ3v) is 3.95. The summed E-state index contributed by atoms with van der Waals surface area (Å²) in [5, 5.41) is 14.4. The Kier molecular flexibility index (Phi) is 4.53. The van der Waals surface area contributed by atoms with Crippen molar-refractivity contribution >= 4 is 34.0 Å². The van der Waals surface area contributed by atoms with Crippen LogP contribution in [0.5, 0.6) is 5.75 Å². The number of hydrogen-bond donors (Lipinski definition) is 3. The number of hydrogen-bond acceptors (Lipinski definition) is 4. The Morgan fingerprint density at radius 3 is 2.58 bits per heavy atom. The topological polar surface area (TPSA) is 82.2 Å². The first-order valence-corrected chi connectivity index (χ1v) is 7.76. The minimum Gasteiger partial charge on any atom is -0.507 e. The summed E-state index contributed by atoms with van der Waals surface area (Å²) in [6.07, 6.45) is -0.146. The molecule has 24 heavy (non-hydrogen) atoms. The van der Waals surface area contributed by atoms with E-state index in [1.54, 1.807) is 48.5 Å². The van der Waals surface area contributed by atoms with E-state index in [0.29, 0.717) is 15.9 Å². The summed E-state index contributed by atoms with van der Waals surface area (Å²) in [5.41, 5.74) is 0.919. The molecule has 3 rings (SSSR count). The lowest BCUT2D eigenvalue weighted by Crippen LogP contribution is -2.21. The molecule has 0 aliphatic rings. The maximum absolute atomic E-state index is 12.1. The smallest absolute Gasteiger partial charge is 0.255 e. The van der Waals surface area contributed by atoms with E-state index in [9.17, 15) is 14.7 Å². The van der Waals surface area contributed by atoms with Gasteiger partial charge in [-0.25, -0.2) is 0 Å². The highest BCUT2D eigenvalue weighted by Gasteiger charge is 2.15. The van der Waals surface area contributed by atoms with Gasteiger partial charge in [-0.2, -0.15) is 0 Å². The fourth-order valence-electron chi connectivity index (χ4n) is 2.46. The Morgan fingerprint density at radius 2 is 1.83 bits per heavy atom. The van der Waals surface area contributed by atoms with Crippen molar-refractivity contribution in [1.82, 2.24) is 4.98 Å². The number of aromatic amines is 1. The van der Waals surface area contributed by atoms with Gasteiger partial charge in [0.25, 0.3) is 5.56 Å². The molecule has 0 atom stereocenters. The van der Waals surface area contributed by atoms with E-state index >= 15 is 0 Å². The summed E-state index contributed by atoms with van der Waals surface area (Å²) in [5.74, 6) is -0.352. The number of rotatable bonds is 5. The minimum absolute atomic E-state index is 0.0489. The number of pyridine rings is 1. The van der Waals surface area contributed by atoms with Crippen LogP contribution < -0.4 is 10.9 Å². The van der Waals surface area contributed by atoms with Crippen LogP contribution in [0.15, 0.2) is 53.3 Å². The summed E-state index contributed by atoms with van der Waals surface area (Å²) in [6.45, 7) is 0.0489. The van der Waals surface area contributed by atoms with E-state index < -0.39 is 5.56 Å².